The average molecular weight is 415 g/mol. The van der Waals surface area contributed by atoms with Crippen molar-refractivity contribution in [2.75, 3.05) is 49.6 Å². The summed E-state index contributed by atoms with van der Waals surface area (Å²) in [7, 11) is 1.91. The lowest BCUT2D eigenvalue weighted by molar-refractivity contribution is -0.384. The molecule has 11 nitrogen and oxygen atoms in total. The normalized spacial score (nSPS) is 10.6. The van der Waals surface area contributed by atoms with Crippen LogP contribution in [0, 0.1) is 10.1 Å². The molecule has 2 rings (SSSR count). The van der Waals surface area contributed by atoms with Gasteiger partial charge in [0.1, 0.15) is 5.69 Å². The number of rotatable bonds is 11. The van der Waals surface area contributed by atoms with Crippen LogP contribution in [0.2, 0.25) is 0 Å². The number of nitrogens with two attached hydrogens (primary N) is 3. The first-order valence-electron chi connectivity index (χ1n) is 9.13. The van der Waals surface area contributed by atoms with Gasteiger partial charge in [0, 0.05) is 43.4 Å². The predicted octanol–water partition coefficient (Wildman–Crippen LogP) is 0.831. The lowest BCUT2D eigenvalue weighted by Crippen LogP contribution is -2.30. The van der Waals surface area contributed by atoms with E-state index < -0.39 is 16.7 Å². The lowest BCUT2D eigenvalue weighted by Gasteiger charge is -2.18. The van der Waals surface area contributed by atoms with Crippen LogP contribution < -0.4 is 27.8 Å². The van der Waals surface area contributed by atoms with Crippen LogP contribution in [-0.2, 0) is 0 Å². The second-order valence-corrected chi connectivity index (χ2v) is 6.68. The molecule has 0 aromatic heterocycles. The molecule has 0 fully saturated rings. The minimum Gasteiger partial charge on any atom is -0.397 e. The Hall–Kier alpha value is -3.86. The van der Waals surface area contributed by atoms with Gasteiger partial charge in [0.2, 0.25) is 11.8 Å². The SMILES string of the molecule is CN(CCNc1ccc(C(N)=O)cc1N)CCNc1ccc(C(N)=O)cc1[N+](=O)[O-]. The second kappa shape index (κ2) is 10.1. The molecule has 0 heterocycles. The van der Waals surface area contributed by atoms with Gasteiger partial charge < -0.3 is 32.7 Å². The zero-order valence-corrected chi connectivity index (χ0v) is 16.6. The Labute approximate surface area is 173 Å². The molecule has 8 N–H and O–H groups in total. The summed E-state index contributed by atoms with van der Waals surface area (Å²) in [5, 5.41) is 17.4. The van der Waals surface area contributed by atoms with E-state index in [2.05, 4.69) is 10.6 Å². The molecule has 2 amide bonds. The maximum Gasteiger partial charge on any atom is 0.293 e. The number of carbonyl (C=O) groups excluding carboxylic acids is 2. The minimum atomic E-state index is -0.721. The van der Waals surface area contributed by atoms with E-state index in [9.17, 15) is 19.7 Å². The van der Waals surface area contributed by atoms with Crippen molar-refractivity contribution in [3.63, 3.8) is 0 Å². The van der Waals surface area contributed by atoms with Crippen LogP contribution in [0.1, 0.15) is 20.7 Å². The van der Waals surface area contributed by atoms with Gasteiger partial charge in [0.15, 0.2) is 0 Å². The van der Waals surface area contributed by atoms with Gasteiger partial charge in [0.25, 0.3) is 5.69 Å². The maximum atomic E-state index is 11.2. The van der Waals surface area contributed by atoms with Gasteiger partial charge in [0.05, 0.1) is 16.3 Å². The molecule has 11 heteroatoms. The number of hydrogen-bond acceptors (Lipinski definition) is 8. The number of nitrogen functional groups attached to an aromatic ring is 1. The highest BCUT2D eigenvalue weighted by molar-refractivity contribution is 5.95. The molecule has 0 aliphatic carbocycles. The Morgan fingerprint density at radius 3 is 1.97 bits per heavy atom. The van der Waals surface area contributed by atoms with Crippen LogP contribution in [0.15, 0.2) is 36.4 Å². The van der Waals surface area contributed by atoms with E-state index in [-0.39, 0.29) is 11.3 Å². The number of hydrogen-bond donors (Lipinski definition) is 5. The van der Waals surface area contributed by atoms with E-state index in [1.165, 1.54) is 18.2 Å². The Morgan fingerprint density at radius 2 is 1.47 bits per heavy atom. The van der Waals surface area contributed by atoms with Gasteiger partial charge in [-0.15, -0.1) is 0 Å². The van der Waals surface area contributed by atoms with Crippen LogP contribution in [0.3, 0.4) is 0 Å². The zero-order chi connectivity index (χ0) is 22.3. The smallest absolute Gasteiger partial charge is 0.293 e. The fraction of sp³-hybridized carbons (Fsp3) is 0.263. The first-order valence-corrected chi connectivity index (χ1v) is 9.13. The van der Waals surface area contributed by atoms with Gasteiger partial charge in [-0.3, -0.25) is 19.7 Å². The van der Waals surface area contributed by atoms with Crippen molar-refractivity contribution in [3.8, 4) is 0 Å². The highest BCUT2D eigenvalue weighted by atomic mass is 16.6. The van der Waals surface area contributed by atoms with Crippen molar-refractivity contribution in [1.82, 2.24) is 4.90 Å². The van der Waals surface area contributed by atoms with Gasteiger partial charge >= 0.3 is 0 Å². The molecule has 0 spiro atoms. The third-order valence-corrected chi connectivity index (χ3v) is 4.43. The van der Waals surface area contributed by atoms with E-state index >= 15 is 0 Å². The topological polar surface area (TPSA) is 183 Å². The number of likely N-dealkylation sites (N-methyl/N-ethyl adjacent to an activating group) is 1. The Kier molecular flexibility index (Phi) is 7.53. The Bertz CT molecular complexity index is 948. The monoisotopic (exact) mass is 415 g/mol. The molecule has 0 radical (unpaired) electrons. The fourth-order valence-corrected chi connectivity index (χ4v) is 2.74. The second-order valence-electron chi connectivity index (χ2n) is 6.68. The highest BCUT2D eigenvalue weighted by Crippen LogP contribution is 2.25. The summed E-state index contributed by atoms with van der Waals surface area (Å²) in [5.41, 5.74) is 18.0. The van der Waals surface area contributed by atoms with Crippen LogP contribution >= 0.6 is 0 Å². The largest absolute Gasteiger partial charge is 0.397 e. The molecule has 30 heavy (non-hydrogen) atoms. The molecule has 2 aromatic rings. The fourth-order valence-electron chi connectivity index (χ4n) is 2.74. The Balaban J connectivity index is 1.82. The Morgan fingerprint density at radius 1 is 0.967 bits per heavy atom. The summed E-state index contributed by atoms with van der Waals surface area (Å²) in [5.74, 6) is -1.26. The molecular formula is C19H25N7O4. The van der Waals surface area contributed by atoms with Gasteiger partial charge in [-0.1, -0.05) is 0 Å². The summed E-state index contributed by atoms with van der Waals surface area (Å²) >= 11 is 0. The average Bonchev–Trinajstić information content (AvgIpc) is 2.68. The van der Waals surface area contributed by atoms with Crippen molar-refractivity contribution >= 4 is 34.6 Å². The summed E-state index contributed by atoms with van der Waals surface area (Å²) in [6, 6.07) is 8.90. The maximum absolute atomic E-state index is 11.2. The lowest BCUT2D eigenvalue weighted by atomic mass is 10.1. The molecule has 0 unspecified atom stereocenters. The number of benzene rings is 2. The number of nitrogens with zero attached hydrogens (tertiary/aromatic N) is 2. The number of primary amides is 2. The molecular weight excluding hydrogens is 390 g/mol. The van der Waals surface area contributed by atoms with E-state index in [1.54, 1.807) is 12.1 Å². The molecule has 160 valence electrons. The first-order chi connectivity index (χ1) is 14.2. The van der Waals surface area contributed by atoms with E-state index in [1.807, 2.05) is 11.9 Å². The van der Waals surface area contributed by atoms with Crippen LogP contribution in [0.25, 0.3) is 0 Å². The van der Waals surface area contributed by atoms with Gasteiger partial charge in [-0.05, 0) is 37.4 Å². The molecule has 0 aliphatic heterocycles. The van der Waals surface area contributed by atoms with Crippen LogP contribution in [-0.4, -0.2) is 54.9 Å². The van der Waals surface area contributed by atoms with Crippen molar-refractivity contribution in [3.05, 3.63) is 57.6 Å². The summed E-state index contributed by atoms with van der Waals surface area (Å²) in [6.07, 6.45) is 0. The van der Waals surface area contributed by atoms with Crippen LogP contribution in [0.5, 0.6) is 0 Å². The van der Waals surface area contributed by atoms with Gasteiger partial charge in [-0.25, -0.2) is 0 Å². The van der Waals surface area contributed by atoms with Crippen molar-refractivity contribution < 1.29 is 14.5 Å². The predicted molar refractivity (Wildman–Crippen MR) is 115 cm³/mol. The van der Waals surface area contributed by atoms with Crippen LogP contribution in [0.4, 0.5) is 22.7 Å². The number of anilines is 3. The van der Waals surface area contributed by atoms with E-state index in [4.69, 9.17) is 17.2 Å². The molecule has 0 saturated heterocycles. The standard InChI is InChI=1S/C19H25N7O4/c1-25(8-6-23-15-4-2-12(18(21)27)10-14(15)20)9-7-24-16-5-3-13(19(22)28)11-17(16)26(29)30/h2-5,10-11,23-24H,6-9,20H2,1H3,(H2,21,27)(H2,22,28). The van der Waals surface area contributed by atoms with Crippen molar-refractivity contribution in [1.29, 1.82) is 0 Å². The number of amides is 2. The summed E-state index contributed by atoms with van der Waals surface area (Å²) < 4.78 is 0. The van der Waals surface area contributed by atoms with E-state index in [0.717, 1.165) is 6.07 Å². The number of nitro groups is 1. The number of carbonyl (C=O) groups is 2. The molecule has 0 saturated carbocycles. The van der Waals surface area contributed by atoms with Crippen molar-refractivity contribution in [2.45, 2.75) is 0 Å². The quantitative estimate of drug-likeness (QED) is 0.203. The first kappa shape index (κ1) is 22.4. The van der Waals surface area contributed by atoms with Gasteiger partial charge in [-0.2, -0.15) is 0 Å². The molecule has 0 aliphatic rings. The summed E-state index contributed by atoms with van der Waals surface area (Å²) in [6.45, 7) is 2.36. The third kappa shape index (κ3) is 6.07. The highest BCUT2D eigenvalue weighted by Gasteiger charge is 2.16. The van der Waals surface area contributed by atoms with E-state index in [0.29, 0.717) is 48.8 Å². The number of nitrogens with one attached hydrogen (secondary N) is 2. The number of nitro benzene ring substituents is 1. The third-order valence-electron chi connectivity index (χ3n) is 4.43. The zero-order valence-electron chi connectivity index (χ0n) is 16.6. The summed E-state index contributed by atoms with van der Waals surface area (Å²) in [4.78, 5) is 35.0. The molecule has 0 bridgehead atoms. The van der Waals surface area contributed by atoms with Crippen molar-refractivity contribution in [2.24, 2.45) is 11.5 Å². The molecule has 0 atom stereocenters. The molecule has 2 aromatic carbocycles. The minimum absolute atomic E-state index is 0.0820.